The molecule has 0 spiro atoms. The van der Waals surface area contributed by atoms with Crippen LogP contribution in [0.4, 0.5) is 0 Å². The van der Waals surface area contributed by atoms with Gasteiger partial charge in [-0.3, -0.25) is 9.98 Å². The molecule has 0 aliphatic carbocycles. The van der Waals surface area contributed by atoms with E-state index in [-0.39, 0.29) is 0 Å². The summed E-state index contributed by atoms with van der Waals surface area (Å²) in [6.07, 6.45) is 3.63. The second-order valence-corrected chi connectivity index (χ2v) is 5.63. The molecule has 0 radical (unpaired) electrons. The van der Waals surface area contributed by atoms with Crippen molar-refractivity contribution < 1.29 is 9.47 Å². The van der Waals surface area contributed by atoms with Gasteiger partial charge < -0.3 is 9.47 Å². The Hall–Kier alpha value is -3.21. The molecule has 0 saturated heterocycles. The quantitative estimate of drug-likeness (QED) is 0.734. The SMILES string of the molecule is COc1ccc(-c2ccnc3c2C(c2ccccc2OC)=NC3)cn1. The molecule has 3 aromatic rings. The maximum Gasteiger partial charge on any atom is 0.212 e. The third kappa shape index (κ3) is 2.63. The monoisotopic (exact) mass is 331 g/mol. The van der Waals surface area contributed by atoms with Crippen LogP contribution in [0, 0.1) is 0 Å². The maximum absolute atomic E-state index is 5.52. The second kappa shape index (κ2) is 6.36. The summed E-state index contributed by atoms with van der Waals surface area (Å²) in [4.78, 5) is 13.6. The van der Waals surface area contributed by atoms with Gasteiger partial charge >= 0.3 is 0 Å². The van der Waals surface area contributed by atoms with Crippen LogP contribution in [0.25, 0.3) is 11.1 Å². The highest BCUT2D eigenvalue weighted by molar-refractivity contribution is 6.19. The number of ether oxygens (including phenoxy) is 2. The van der Waals surface area contributed by atoms with Gasteiger partial charge in [0.25, 0.3) is 0 Å². The first-order valence-electron chi connectivity index (χ1n) is 7.98. The van der Waals surface area contributed by atoms with Crippen molar-refractivity contribution in [3.8, 4) is 22.8 Å². The minimum Gasteiger partial charge on any atom is -0.496 e. The highest BCUT2D eigenvalue weighted by Crippen LogP contribution is 2.34. The molecule has 5 nitrogen and oxygen atoms in total. The Morgan fingerprint density at radius 2 is 1.76 bits per heavy atom. The van der Waals surface area contributed by atoms with E-state index in [1.165, 1.54) is 0 Å². The van der Waals surface area contributed by atoms with E-state index in [2.05, 4.69) is 9.97 Å². The van der Waals surface area contributed by atoms with Crippen molar-refractivity contribution >= 4 is 5.71 Å². The number of aliphatic imine (C=N–C) groups is 1. The van der Waals surface area contributed by atoms with Crippen LogP contribution in [0.15, 0.2) is 59.9 Å². The van der Waals surface area contributed by atoms with E-state index in [0.29, 0.717) is 12.4 Å². The van der Waals surface area contributed by atoms with Crippen LogP contribution >= 0.6 is 0 Å². The summed E-state index contributed by atoms with van der Waals surface area (Å²) < 4.78 is 10.7. The van der Waals surface area contributed by atoms with Gasteiger partial charge in [0.15, 0.2) is 0 Å². The van der Waals surface area contributed by atoms with Gasteiger partial charge in [0.05, 0.1) is 32.2 Å². The fourth-order valence-corrected chi connectivity index (χ4v) is 3.08. The molecule has 1 aromatic carbocycles. The van der Waals surface area contributed by atoms with Crippen molar-refractivity contribution in [3.63, 3.8) is 0 Å². The smallest absolute Gasteiger partial charge is 0.212 e. The summed E-state index contributed by atoms with van der Waals surface area (Å²) in [5.41, 5.74) is 5.95. The van der Waals surface area contributed by atoms with Gasteiger partial charge in [-0.25, -0.2) is 4.98 Å². The number of hydrogen-bond donors (Lipinski definition) is 0. The minimum absolute atomic E-state index is 0.570. The Bertz CT molecular complexity index is 949. The van der Waals surface area contributed by atoms with Crippen LogP contribution in [0.3, 0.4) is 0 Å². The molecule has 25 heavy (non-hydrogen) atoms. The number of pyridine rings is 2. The normalized spacial score (nSPS) is 12.5. The molecule has 2 aromatic heterocycles. The van der Waals surface area contributed by atoms with Crippen molar-refractivity contribution in [1.29, 1.82) is 0 Å². The van der Waals surface area contributed by atoms with Crippen LogP contribution < -0.4 is 9.47 Å². The van der Waals surface area contributed by atoms with Gasteiger partial charge in [0.1, 0.15) is 5.75 Å². The predicted octanol–water partition coefficient (Wildman–Crippen LogP) is 3.51. The van der Waals surface area contributed by atoms with Gasteiger partial charge in [-0.1, -0.05) is 12.1 Å². The van der Waals surface area contributed by atoms with Crippen molar-refractivity contribution in [2.75, 3.05) is 14.2 Å². The standard InChI is InChI=1S/C20H17N3O2/c1-24-17-6-4-3-5-15(17)20-19-14(9-10-21-16(19)12-23-20)13-7-8-18(25-2)22-11-13/h3-11H,12H2,1-2H3. The van der Waals surface area contributed by atoms with Gasteiger partial charge in [0, 0.05) is 35.2 Å². The van der Waals surface area contributed by atoms with Crippen LogP contribution in [0.2, 0.25) is 0 Å². The van der Waals surface area contributed by atoms with E-state index in [0.717, 1.165) is 39.4 Å². The first kappa shape index (κ1) is 15.3. The molecule has 0 amide bonds. The van der Waals surface area contributed by atoms with Gasteiger partial charge in [-0.15, -0.1) is 0 Å². The molecule has 0 atom stereocenters. The average Bonchev–Trinajstić information content (AvgIpc) is 3.12. The summed E-state index contributed by atoms with van der Waals surface area (Å²) in [7, 11) is 3.28. The number of aromatic nitrogens is 2. The van der Waals surface area contributed by atoms with E-state index < -0.39 is 0 Å². The minimum atomic E-state index is 0.570. The fourth-order valence-electron chi connectivity index (χ4n) is 3.08. The summed E-state index contributed by atoms with van der Waals surface area (Å²) in [6.45, 7) is 0.570. The molecule has 4 rings (SSSR count). The summed E-state index contributed by atoms with van der Waals surface area (Å²) in [6, 6.07) is 13.8. The molecule has 1 aliphatic rings. The van der Waals surface area contributed by atoms with E-state index in [1.807, 2.05) is 54.9 Å². The largest absolute Gasteiger partial charge is 0.496 e. The predicted molar refractivity (Wildman–Crippen MR) is 96.4 cm³/mol. The molecule has 1 aliphatic heterocycles. The highest BCUT2D eigenvalue weighted by Gasteiger charge is 2.24. The van der Waals surface area contributed by atoms with E-state index in [9.17, 15) is 0 Å². The van der Waals surface area contributed by atoms with Crippen molar-refractivity contribution in [2.24, 2.45) is 4.99 Å². The molecule has 0 bridgehead atoms. The number of methoxy groups -OCH3 is 2. The maximum atomic E-state index is 5.52. The second-order valence-electron chi connectivity index (χ2n) is 5.63. The highest BCUT2D eigenvalue weighted by atomic mass is 16.5. The molecule has 0 N–H and O–H groups in total. The number of fused-ring (bicyclic) bond motifs is 1. The lowest BCUT2D eigenvalue weighted by Gasteiger charge is -2.13. The Morgan fingerprint density at radius 3 is 2.52 bits per heavy atom. The summed E-state index contributed by atoms with van der Waals surface area (Å²) in [5.74, 6) is 1.39. The Labute approximate surface area is 146 Å². The first-order valence-corrected chi connectivity index (χ1v) is 7.98. The van der Waals surface area contributed by atoms with Gasteiger partial charge in [-0.05, 0) is 29.8 Å². The molecular weight excluding hydrogens is 314 g/mol. The van der Waals surface area contributed by atoms with Crippen LogP contribution in [0.5, 0.6) is 11.6 Å². The topological polar surface area (TPSA) is 56.6 Å². The van der Waals surface area contributed by atoms with Crippen LogP contribution in [0.1, 0.15) is 16.8 Å². The van der Waals surface area contributed by atoms with E-state index >= 15 is 0 Å². The Balaban J connectivity index is 1.86. The molecule has 0 fully saturated rings. The Kier molecular flexibility index (Phi) is 3.90. The molecule has 3 heterocycles. The number of hydrogen-bond acceptors (Lipinski definition) is 5. The Morgan fingerprint density at radius 1 is 0.880 bits per heavy atom. The first-order chi connectivity index (χ1) is 12.3. The van der Waals surface area contributed by atoms with Crippen LogP contribution in [-0.4, -0.2) is 29.9 Å². The fraction of sp³-hybridized carbons (Fsp3) is 0.150. The zero-order chi connectivity index (χ0) is 17.2. The number of nitrogens with zero attached hydrogens (tertiary/aromatic N) is 3. The van der Waals surface area contributed by atoms with E-state index in [4.69, 9.17) is 14.5 Å². The number of rotatable bonds is 4. The van der Waals surface area contributed by atoms with Gasteiger partial charge in [-0.2, -0.15) is 0 Å². The zero-order valence-electron chi connectivity index (χ0n) is 14.1. The average molecular weight is 331 g/mol. The number of benzene rings is 1. The molecule has 124 valence electrons. The lowest BCUT2D eigenvalue weighted by atomic mass is 9.94. The molecule has 0 unspecified atom stereocenters. The third-order valence-electron chi connectivity index (χ3n) is 4.27. The molecule has 0 saturated carbocycles. The number of para-hydroxylation sites is 1. The molecular formula is C20H17N3O2. The lowest BCUT2D eigenvalue weighted by Crippen LogP contribution is -2.06. The lowest BCUT2D eigenvalue weighted by molar-refractivity contribution is 0.398. The third-order valence-corrected chi connectivity index (χ3v) is 4.27. The van der Waals surface area contributed by atoms with E-state index in [1.54, 1.807) is 14.2 Å². The summed E-state index contributed by atoms with van der Waals surface area (Å²) in [5, 5.41) is 0. The van der Waals surface area contributed by atoms with Crippen LogP contribution in [-0.2, 0) is 6.54 Å². The molecule has 5 heteroatoms. The van der Waals surface area contributed by atoms with Crippen molar-refractivity contribution in [2.45, 2.75) is 6.54 Å². The van der Waals surface area contributed by atoms with Crippen molar-refractivity contribution in [1.82, 2.24) is 9.97 Å². The van der Waals surface area contributed by atoms with Gasteiger partial charge in [0.2, 0.25) is 5.88 Å². The zero-order valence-corrected chi connectivity index (χ0v) is 14.1. The summed E-state index contributed by atoms with van der Waals surface area (Å²) >= 11 is 0. The van der Waals surface area contributed by atoms with Crippen molar-refractivity contribution in [3.05, 3.63) is 71.7 Å².